The van der Waals surface area contributed by atoms with E-state index in [-0.39, 0.29) is 11.5 Å². The van der Waals surface area contributed by atoms with Crippen LogP contribution in [-0.2, 0) is 4.74 Å². The molecule has 0 amide bonds. The third-order valence-electron chi connectivity index (χ3n) is 2.61. The van der Waals surface area contributed by atoms with Gasteiger partial charge in [-0.1, -0.05) is 16.8 Å². The van der Waals surface area contributed by atoms with Crippen molar-refractivity contribution in [2.24, 2.45) is 0 Å². The van der Waals surface area contributed by atoms with Crippen molar-refractivity contribution in [3.63, 3.8) is 0 Å². The van der Waals surface area contributed by atoms with Gasteiger partial charge in [0, 0.05) is 16.7 Å². The van der Waals surface area contributed by atoms with E-state index in [1.54, 1.807) is 31.2 Å². The van der Waals surface area contributed by atoms with Gasteiger partial charge >= 0.3 is 5.97 Å². The fourth-order valence-corrected chi connectivity index (χ4v) is 1.71. The molecule has 2 aromatic rings. The van der Waals surface area contributed by atoms with Crippen LogP contribution in [0.25, 0.3) is 0 Å². The van der Waals surface area contributed by atoms with Gasteiger partial charge < -0.3 is 9.26 Å². The summed E-state index contributed by atoms with van der Waals surface area (Å²) in [5, 5.41) is 4.11. The molecule has 0 N–H and O–H groups in total. The lowest BCUT2D eigenvalue weighted by molar-refractivity contribution is 0.0281. The number of Topliss-reactive ketones (excluding diaryl/α,β-unsaturated/α-hetero) is 1. The molecule has 6 heteroatoms. The number of hydrogen-bond acceptors (Lipinski definition) is 5. The molecule has 0 aliphatic rings. The van der Waals surface area contributed by atoms with E-state index < -0.39 is 12.1 Å². The lowest BCUT2D eigenvalue weighted by Gasteiger charge is -2.10. The molecule has 0 unspecified atom stereocenters. The number of rotatable bonds is 4. The van der Waals surface area contributed by atoms with Gasteiger partial charge in [-0.2, -0.15) is 0 Å². The van der Waals surface area contributed by atoms with Crippen LogP contribution in [0.15, 0.2) is 34.9 Å². The maximum Gasteiger partial charge on any atom is 0.377 e. The average molecular weight is 294 g/mol. The van der Waals surface area contributed by atoms with Crippen LogP contribution in [0.4, 0.5) is 0 Å². The Hall–Kier alpha value is -2.14. The fraction of sp³-hybridized carbons (Fsp3) is 0.214. The Labute approximate surface area is 120 Å². The third-order valence-corrected chi connectivity index (χ3v) is 2.86. The summed E-state index contributed by atoms with van der Waals surface area (Å²) in [6.07, 6.45) is -0.922. The van der Waals surface area contributed by atoms with Crippen LogP contribution in [0, 0.1) is 6.92 Å². The number of ketones is 1. The summed E-state index contributed by atoms with van der Waals surface area (Å²) >= 11 is 5.75. The van der Waals surface area contributed by atoms with E-state index in [0.29, 0.717) is 16.3 Å². The van der Waals surface area contributed by atoms with Crippen molar-refractivity contribution in [3.8, 4) is 0 Å². The van der Waals surface area contributed by atoms with E-state index in [1.165, 1.54) is 13.0 Å². The molecule has 0 aliphatic heterocycles. The summed E-state index contributed by atoms with van der Waals surface area (Å²) in [7, 11) is 0. The van der Waals surface area contributed by atoms with Crippen molar-refractivity contribution in [3.05, 3.63) is 52.4 Å². The first-order valence-electron chi connectivity index (χ1n) is 5.91. The van der Waals surface area contributed by atoms with Gasteiger partial charge in [0.2, 0.25) is 11.5 Å². The summed E-state index contributed by atoms with van der Waals surface area (Å²) in [5.74, 6) is -1.06. The number of carbonyl (C=O) groups excluding carboxylic acids is 2. The smallest absolute Gasteiger partial charge is 0.377 e. The molecule has 0 bridgehead atoms. The van der Waals surface area contributed by atoms with E-state index in [9.17, 15) is 9.59 Å². The summed E-state index contributed by atoms with van der Waals surface area (Å²) in [6, 6.07) is 7.80. The van der Waals surface area contributed by atoms with Crippen molar-refractivity contribution in [1.82, 2.24) is 5.16 Å². The van der Waals surface area contributed by atoms with Crippen molar-refractivity contribution in [1.29, 1.82) is 0 Å². The van der Waals surface area contributed by atoms with E-state index in [2.05, 4.69) is 5.16 Å². The summed E-state index contributed by atoms with van der Waals surface area (Å²) in [5.41, 5.74) is 0.983. The van der Waals surface area contributed by atoms with Gasteiger partial charge in [-0.3, -0.25) is 4.79 Å². The maximum absolute atomic E-state index is 12.1. The normalized spacial score (nSPS) is 11.9. The zero-order valence-corrected chi connectivity index (χ0v) is 11.7. The highest BCUT2D eigenvalue weighted by atomic mass is 35.5. The number of carbonyl (C=O) groups is 2. The summed E-state index contributed by atoms with van der Waals surface area (Å²) in [4.78, 5) is 23.8. The molecule has 1 aromatic heterocycles. The van der Waals surface area contributed by atoms with E-state index >= 15 is 0 Å². The molecular weight excluding hydrogens is 282 g/mol. The first-order chi connectivity index (χ1) is 9.47. The molecule has 1 aromatic carbocycles. The van der Waals surface area contributed by atoms with Crippen LogP contribution in [0.3, 0.4) is 0 Å². The molecular formula is C14H12ClNO4. The second kappa shape index (κ2) is 5.88. The number of ether oxygens (including phenoxy) is 1. The predicted octanol–water partition coefficient (Wildman–Crippen LogP) is 3.06. The van der Waals surface area contributed by atoms with Crippen LogP contribution < -0.4 is 0 Å². The molecule has 0 fully saturated rings. The molecule has 0 saturated carbocycles. The van der Waals surface area contributed by atoms with Crippen molar-refractivity contribution in [2.45, 2.75) is 20.0 Å². The number of aromatic nitrogens is 1. The molecule has 104 valence electrons. The molecule has 0 radical (unpaired) electrons. The van der Waals surface area contributed by atoms with Gasteiger partial charge in [0.25, 0.3) is 0 Å². The van der Waals surface area contributed by atoms with Crippen LogP contribution in [0.1, 0.15) is 33.5 Å². The van der Waals surface area contributed by atoms with Crippen molar-refractivity contribution >= 4 is 23.4 Å². The number of esters is 1. The number of hydrogen-bond donors (Lipinski definition) is 0. The zero-order valence-electron chi connectivity index (χ0n) is 10.9. The Kier molecular flexibility index (Phi) is 4.20. The minimum atomic E-state index is -0.922. The average Bonchev–Trinajstić information content (AvgIpc) is 2.85. The number of aryl methyl sites for hydroxylation is 1. The van der Waals surface area contributed by atoms with Gasteiger partial charge in [-0.05, 0) is 38.1 Å². The van der Waals surface area contributed by atoms with Crippen LogP contribution in [-0.4, -0.2) is 23.0 Å². The van der Waals surface area contributed by atoms with Gasteiger partial charge in [0.1, 0.15) is 0 Å². The molecule has 1 heterocycles. The number of benzene rings is 1. The van der Waals surface area contributed by atoms with Gasteiger partial charge in [0.05, 0.1) is 5.69 Å². The van der Waals surface area contributed by atoms with Gasteiger partial charge in [-0.25, -0.2) is 4.79 Å². The molecule has 0 saturated heterocycles. The van der Waals surface area contributed by atoms with E-state index in [0.717, 1.165) is 0 Å². The molecule has 0 aliphatic carbocycles. The predicted molar refractivity (Wildman–Crippen MR) is 71.9 cm³/mol. The van der Waals surface area contributed by atoms with Crippen molar-refractivity contribution in [2.75, 3.05) is 0 Å². The second-order valence-electron chi connectivity index (χ2n) is 4.25. The summed E-state index contributed by atoms with van der Waals surface area (Å²) in [6.45, 7) is 3.18. The first kappa shape index (κ1) is 14.3. The lowest BCUT2D eigenvalue weighted by atomic mass is 10.1. The fourth-order valence-electron chi connectivity index (χ4n) is 1.58. The molecule has 1 atom stereocenters. The minimum Gasteiger partial charge on any atom is -0.448 e. The lowest BCUT2D eigenvalue weighted by Crippen LogP contribution is -2.24. The Morgan fingerprint density at radius 3 is 2.50 bits per heavy atom. The number of halogens is 1. The molecule has 2 rings (SSSR count). The summed E-state index contributed by atoms with van der Waals surface area (Å²) < 4.78 is 9.82. The third kappa shape index (κ3) is 3.24. The Balaban J connectivity index is 2.04. The minimum absolute atomic E-state index is 0.0294. The molecule has 0 spiro atoms. The number of nitrogens with zero attached hydrogens (tertiary/aromatic N) is 1. The quantitative estimate of drug-likeness (QED) is 0.640. The maximum atomic E-state index is 12.1. The van der Waals surface area contributed by atoms with E-state index in [1.807, 2.05) is 0 Å². The highest BCUT2D eigenvalue weighted by Crippen LogP contribution is 2.13. The molecule has 5 nitrogen and oxygen atoms in total. The van der Waals surface area contributed by atoms with Gasteiger partial charge in [0.15, 0.2) is 6.10 Å². The highest BCUT2D eigenvalue weighted by Gasteiger charge is 2.22. The monoisotopic (exact) mass is 293 g/mol. The van der Waals surface area contributed by atoms with E-state index in [4.69, 9.17) is 20.9 Å². The Morgan fingerprint density at radius 2 is 1.95 bits per heavy atom. The molecule has 20 heavy (non-hydrogen) atoms. The largest absolute Gasteiger partial charge is 0.448 e. The van der Waals surface area contributed by atoms with Crippen LogP contribution in [0.5, 0.6) is 0 Å². The van der Waals surface area contributed by atoms with Crippen LogP contribution >= 0.6 is 11.6 Å². The van der Waals surface area contributed by atoms with Gasteiger partial charge in [-0.15, -0.1) is 0 Å². The topological polar surface area (TPSA) is 69.4 Å². The van der Waals surface area contributed by atoms with Crippen molar-refractivity contribution < 1.29 is 18.8 Å². The zero-order chi connectivity index (χ0) is 14.7. The highest BCUT2D eigenvalue weighted by molar-refractivity contribution is 6.30. The first-order valence-corrected chi connectivity index (χ1v) is 6.29. The Morgan fingerprint density at radius 1 is 1.30 bits per heavy atom. The standard InChI is InChI=1S/C14H12ClNO4/c1-8-7-12(20-16-8)14(18)19-9(2)13(17)10-3-5-11(15)6-4-10/h3-7,9H,1-2H3/t9-/m0/s1. The Bertz CT molecular complexity index is 633. The second-order valence-corrected chi connectivity index (χ2v) is 4.69. The van der Waals surface area contributed by atoms with Crippen LogP contribution in [0.2, 0.25) is 5.02 Å². The SMILES string of the molecule is Cc1cc(C(=O)O[C@@H](C)C(=O)c2ccc(Cl)cc2)on1.